The molecule has 0 bridgehead atoms. The lowest BCUT2D eigenvalue weighted by atomic mass is 9.81. The highest BCUT2D eigenvalue weighted by molar-refractivity contribution is 5.94. The van der Waals surface area contributed by atoms with E-state index < -0.39 is 5.54 Å². The first-order valence-corrected chi connectivity index (χ1v) is 13.4. The summed E-state index contributed by atoms with van der Waals surface area (Å²) < 4.78 is 5.82. The number of nitrogens with one attached hydrogen (secondary N) is 1. The normalized spacial score (nSPS) is 24.0. The summed E-state index contributed by atoms with van der Waals surface area (Å²) in [6, 6.07) is 16.6. The highest BCUT2D eigenvalue weighted by Crippen LogP contribution is 2.51. The molecule has 1 aromatic heterocycles. The molecule has 0 unspecified atom stereocenters. The maximum absolute atomic E-state index is 14.1. The lowest BCUT2D eigenvalue weighted by molar-refractivity contribution is -0.133. The maximum Gasteiger partial charge on any atom is 0.254 e. The Morgan fingerprint density at radius 3 is 2.64 bits per heavy atom. The highest BCUT2D eigenvalue weighted by atomic mass is 16.5. The van der Waals surface area contributed by atoms with Gasteiger partial charge in [0.1, 0.15) is 17.1 Å². The standard InChI is InChI=1S/C30H36N4O2/c1-4-36-23-13-14-26-24(19-23)25-20-30(3)29(35)33(18-10-17-32-15-8-9-16-32)21(2)34(30)28(27(25)31-26)22-11-6-5-7-12-22/h5-7,11-14,19,28,31H,2,4,8-10,15-18,20H2,1,3H3/t28-,30+/m1/s1. The zero-order valence-electron chi connectivity index (χ0n) is 21.4. The van der Waals surface area contributed by atoms with E-state index in [1.807, 2.05) is 24.0 Å². The number of benzene rings is 2. The monoisotopic (exact) mass is 484 g/mol. The molecule has 6 rings (SSSR count). The van der Waals surface area contributed by atoms with Crippen molar-refractivity contribution < 1.29 is 9.53 Å². The van der Waals surface area contributed by atoms with E-state index in [0.29, 0.717) is 19.6 Å². The highest BCUT2D eigenvalue weighted by Gasteiger charge is 2.57. The molecule has 0 spiro atoms. The number of fused-ring (bicyclic) bond motifs is 4. The Morgan fingerprint density at radius 2 is 1.89 bits per heavy atom. The SMILES string of the molecule is C=C1N(CCCN2CCCC2)C(=O)[C@]2(C)Cc3c([nH]c4ccc(OCC)cc34)[C@@H](c3ccccc3)N12. The van der Waals surface area contributed by atoms with E-state index >= 15 is 0 Å². The number of nitrogens with zero attached hydrogens (tertiary/aromatic N) is 3. The minimum absolute atomic E-state index is 0.108. The number of aromatic nitrogens is 1. The number of likely N-dealkylation sites (tertiary alicyclic amines) is 1. The molecule has 6 nitrogen and oxygen atoms in total. The molecule has 188 valence electrons. The van der Waals surface area contributed by atoms with Crippen LogP contribution in [0.25, 0.3) is 10.9 Å². The average molecular weight is 485 g/mol. The van der Waals surface area contributed by atoms with E-state index in [2.05, 4.69) is 64.7 Å². The van der Waals surface area contributed by atoms with E-state index in [1.165, 1.54) is 31.5 Å². The van der Waals surface area contributed by atoms with Crippen LogP contribution < -0.4 is 4.74 Å². The number of ether oxygens (including phenoxy) is 1. The van der Waals surface area contributed by atoms with Gasteiger partial charge in [0.15, 0.2) is 0 Å². The first kappa shape index (κ1) is 23.2. The fourth-order valence-corrected chi connectivity index (χ4v) is 6.56. The molecule has 1 amide bonds. The fourth-order valence-electron chi connectivity index (χ4n) is 6.56. The Hall–Kier alpha value is -3.25. The van der Waals surface area contributed by atoms with Crippen molar-refractivity contribution in [2.45, 2.75) is 51.1 Å². The van der Waals surface area contributed by atoms with Crippen LogP contribution in [-0.2, 0) is 11.2 Å². The van der Waals surface area contributed by atoms with Crippen molar-refractivity contribution in [3.8, 4) is 5.75 Å². The predicted octanol–water partition coefficient (Wildman–Crippen LogP) is 5.07. The van der Waals surface area contributed by atoms with Gasteiger partial charge in [0.25, 0.3) is 5.91 Å². The van der Waals surface area contributed by atoms with Gasteiger partial charge in [-0.1, -0.05) is 36.9 Å². The van der Waals surface area contributed by atoms with Gasteiger partial charge in [-0.2, -0.15) is 0 Å². The van der Waals surface area contributed by atoms with Gasteiger partial charge < -0.3 is 19.5 Å². The average Bonchev–Trinajstić information content (AvgIpc) is 3.57. The molecule has 0 aliphatic carbocycles. The van der Waals surface area contributed by atoms with Crippen molar-refractivity contribution in [1.29, 1.82) is 0 Å². The van der Waals surface area contributed by atoms with Gasteiger partial charge in [-0.3, -0.25) is 9.69 Å². The summed E-state index contributed by atoms with van der Waals surface area (Å²) in [5.41, 5.74) is 3.91. The van der Waals surface area contributed by atoms with Crippen LogP contribution in [-0.4, -0.2) is 63.9 Å². The van der Waals surface area contributed by atoms with Crippen LogP contribution in [0.15, 0.2) is 60.9 Å². The second kappa shape index (κ2) is 9.00. The summed E-state index contributed by atoms with van der Waals surface area (Å²) in [4.78, 5) is 24.5. The zero-order chi connectivity index (χ0) is 24.9. The Bertz CT molecular complexity index is 1290. The number of aromatic amines is 1. The molecule has 3 aromatic rings. The Kier molecular flexibility index (Phi) is 5.79. The third-order valence-corrected chi connectivity index (χ3v) is 8.27. The number of rotatable bonds is 7. The van der Waals surface area contributed by atoms with Gasteiger partial charge in [0, 0.05) is 29.6 Å². The molecule has 2 atom stereocenters. The van der Waals surface area contributed by atoms with Gasteiger partial charge in [0.2, 0.25) is 0 Å². The summed E-state index contributed by atoms with van der Waals surface area (Å²) in [6.45, 7) is 13.3. The van der Waals surface area contributed by atoms with Crippen LogP contribution in [0, 0.1) is 0 Å². The predicted molar refractivity (Wildman–Crippen MR) is 143 cm³/mol. The molecule has 3 aliphatic heterocycles. The molecule has 3 aliphatic rings. The third-order valence-electron chi connectivity index (χ3n) is 8.27. The number of H-pyrrole nitrogens is 1. The lowest BCUT2D eigenvalue weighted by Gasteiger charge is -2.44. The second-order valence-electron chi connectivity index (χ2n) is 10.6. The van der Waals surface area contributed by atoms with Gasteiger partial charge in [-0.15, -0.1) is 0 Å². The number of amides is 1. The third kappa shape index (κ3) is 3.62. The largest absolute Gasteiger partial charge is 0.494 e. The summed E-state index contributed by atoms with van der Waals surface area (Å²) in [7, 11) is 0. The van der Waals surface area contributed by atoms with Gasteiger partial charge in [0.05, 0.1) is 12.6 Å². The van der Waals surface area contributed by atoms with E-state index in [0.717, 1.165) is 46.7 Å². The van der Waals surface area contributed by atoms with Crippen LogP contribution in [0.4, 0.5) is 0 Å². The number of hydrogen-bond acceptors (Lipinski definition) is 4. The van der Waals surface area contributed by atoms with Crippen LogP contribution in [0.1, 0.15) is 56.0 Å². The van der Waals surface area contributed by atoms with E-state index in [1.54, 1.807) is 0 Å². The van der Waals surface area contributed by atoms with Crippen molar-refractivity contribution in [3.05, 3.63) is 77.8 Å². The second-order valence-corrected chi connectivity index (χ2v) is 10.6. The molecule has 2 fully saturated rings. The molecule has 0 saturated carbocycles. The Balaban J connectivity index is 1.40. The molecule has 2 saturated heterocycles. The summed E-state index contributed by atoms with van der Waals surface area (Å²) in [5.74, 6) is 1.84. The minimum atomic E-state index is -0.686. The molecule has 2 aromatic carbocycles. The van der Waals surface area contributed by atoms with Crippen molar-refractivity contribution >= 4 is 16.8 Å². The van der Waals surface area contributed by atoms with Crippen LogP contribution >= 0.6 is 0 Å². The molecule has 36 heavy (non-hydrogen) atoms. The van der Waals surface area contributed by atoms with Crippen molar-refractivity contribution in [2.24, 2.45) is 0 Å². The van der Waals surface area contributed by atoms with E-state index in [-0.39, 0.29) is 11.9 Å². The minimum Gasteiger partial charge on any atom is -0.494 e. The van der Waals surface area contributed by atoms with E-state index in [9.17, 15) is 4.79 Å². The topological polar surface area (TPSA) is 51.8 Å². The molecule has 1 N–H and O–H groups in total. The molecule has 6 heteroatoms. The number of carbonyl (C=O) groups excluding carboxylic acids is 1. The Labute approximate surface area is 213 Å². The first-order valence-electron chi connectivity index (χ1n) is 13.4. The summed E-state index contributed by atoms with van der Waals surface area (Å²) in [5, 5.41) is 1.14. The zero-order valence-corrected chi connectivity index (χ0v) is 21.4. The van der Waals surface area contributed by atoms with Crippen molar-refractivity contribution in [3.63, 3.8) is 0 Å². The van der Waals surface area contributed by atoms with Crippen LogP contribution in [0.5, 0.6) is 5.75 Å². The fraction of sp³-hybridized carbons (Fsp3) is 0.433. The van der Waals surface area contributed by atoms with Crippen molar-refractivity contribution in [2.75, 3.05) is 32.8 Å². The number of carbonyl (C=O) groups is 1. The first-order chi connectivity index (χ1) is 17.5. The van der Waals surface area contributed by atoms with Gasteiger partial charge in [-0.05, 0) is 82.1 Å². The van der Waals surface area contributed by atoms with Crippen LogP contribution in [0.2, 0.25) is 0 Å². The van der Waals surface area contributed by atoms with Gasteiger partial charge >= 0.3 is 0 Å². The van der Waals surface area contributed by atoms with Crippen LogP contribution in [0.3, 0.4) is 0 Å². The lowest BCUT2D eigenvalue weighted by Crippen LogP contribution is -2.52. The molecular formula is C30H36N4O2. The van der Waals surface area contributed by atoms with Gasteiger partial charge in [-0.25, -0.2) is 0 Å². The maximum atomic E-state index is 14.1. The molecule has 4 heterocycles. The number of hydrogen-bond donors (Lipinski definition) is 1. The quantitative estimate of drug-likeness (QED) is 0.509. The molecular weight excluding hydrogens is 448 g/mol. The van der Waals surface area contributed by atoms with Crippen molar-refractivity contribution in [1.82, 2.24) is 19.7 Å². The Morgan fingerprint density at radius 1 is 1.11 bits per heavy atom. The van der Waals surface area contributed by atoms with E-state index in [4.69, 9.17) is 4.74 Å². The summed E-state index contributed by atoms with van der Waals surface area (Å²) in [6.07, 6.45) is 4.19. The smallest absolute Gasteiger partial charge is 0.254 e. The molecule has 0 radical (unpaired) electrons. The summed E-state index contributed by atoms with van der Waals surface area (Å²) >= 11 is 0.